The van der Waals surface area contributed by atoms with Gasteiger partial charge in [0.2, 0.25) is 11.8 Å². The minimum Gasteiger partial charge on any atom is -0.346 e. The summed E-state index contributed by atoms with van der Waals surface area (Å²) in [6.45, 7) is 1.30. The van der Waals surface area contributed by atoms with Gasteiger partial charge in [0.15, 0.2) is 5.78 Å². The van der Waals surface area contributed by atoms with E-state index in [4.69, 9.17) is 0 Å². The molecule has 0 radical (unpaired) electrons. The molecule has 0 aromatic heterocycles. The summed E-state index contributed by atoms with van der Waals surface area (Å²) in [5, 5.41) is 5.42. The third kappa shape index (κ3) is 5.39. The average Bonchev–Trinajstić information content (AvgIpc) is 2.74. The van der Waals surface area contributed by atoms with Crippen molar-refractivity contribution in [2.45, 2.75) is 12.8 Å². The minimum absolute atomic E-state index is 0.0806. The zero-order valence-electron chi connectivity index (χ0n) is 16.1. The first-order chi connectivity index (χ1) is 14.0. The Morgan fingerprint density at radius 1 is 0.793 bits per heavy atom. The second-order valence-electron chi connectivity index (χ2n) is 6.66. The van der Waals surface area contributed by atoms with E-state index in [0.29, 0.717) is 11.3 Å². The minimum atomic E-state index is -0.508. The third-order valence-electron chi connectivity index (χ3n) is 4.50. The quantitative estimate of drug-likeness (QED) is 0.607. The predicted octanol–water partition coefficient (Wildman–Crippen LogP) is 3.78. The summed E-state index contributed by atoms with van der Waals surface area (Å²) in [7, 11) is 0. The van der Waals surface area contributed by atoms with Gasteiger partial charge in [0.1, 0.15) is 0 Å². The Labute approximate surface area is 169 Å². The number of rotatable bonds is 7. The highest BCUT2D eigenvalue weighted by atomic mass is 16.2. The highest BCUT2D eigenvalue weighted by molar-refractivity contribution is 5.98. The van der Waals surface area contributed by atoms with Crippen molar-refractivity contribution in [1.82, 2.24) is 5.32 Å². The first-order valence-electron chi connectivity index (χ1n) is 9.33. The normalized spacial score (nSPS) is 10.4. The van der Waals surface area contributed by atoms with Crippen molar-refractivity contribution in [1.29, 1.82) is 0 Å². The Kier molecular flexibility index (Phi) is 6.53. The fourth-order valence-corrected chi connectivity index (χ4v) is 3.08. The molecule has 0 saturated carbocycles. The van der Waals surface area contributed by atoms with Crippen LogP contribution in [0, 0.1) is 0 Å². The summed E-state index contributed by atoms with van der Waals surface area (Å²) in [5.41, 5.74) is 2.73. The second-order valence-corrected chi connectivity index (χ2v) is 6.66. The fraction of sp³-hybridized carbons (Fsp3) is 0.125. The van der Waals surface area contributed by atoms with Crippen LogP contribution in [0.4, 0.5) is 5.69 Å². The molecule has 5 nitrogen and oxygen atoms in total. The van der Waals surface area contributed by atoms with E-state index in [9.17, 15) is 14.4 Å². The van der Waals surface area contributed by atoms with Gasteiger partial charge in [-0.3, -0.25) is 14.4 Å². The van der Waals surface area contributed by atoms with Gasteiger partial charge in [0.05, 0.1) is 12.5 Å². The summed E-state index contributed by atoms with van der Waals surface area (Å²) in [6, 6.07) is 25.6. The molecule has 2 N–H and O–H groups in total. The van der Waals surface area contributed by atoms with Gasteiger partial charge < -0.3 is 10.6 Å². The van der Waals surface area contributed by atoms with Gasteiger partial charge in [-0.15, -0.1) is 0 Å². The maximum atomic E-state index is 12.9. The summed E-state index contributed by atoms with van der Waals surface area (Å²) >= 11 is 0. The molecule has 0 fully saturated rings. The van der Waals surface area contributed by atoms with Gasteiger partial charge in [-0.25, -0.2) is 0 Å². The van der Waals surface area contributed by atoms with Gasteiger partial charge in [-0.2, -0.15) is 0 Å². The number of carbonyl (C=O) groups excluding carboxylic acids is 3. The number of benzene rings is 3. The molecule has 0 bridgehead atoms. The maximum absolute atomic E-state index is 12.9. The Morgan fingerprint density at radius 3 is 1.93 bits per heavy atom. The number of ketones is 1. The summed E-state index contributed by atoms with van der Waals surface area (Å²) in [6.07, 6.45) is 0. The SMILES string of the molecule is CC(=O)c1cccc(NC(=O)CNC(=O)C(c2ccccc2)c2ccccc2)c1. The molecule has 29 heavy (non-hydrogen) atoms. The number of anilines is 1. The number of Topliss-reactive ketones (excluding diaryl/α,β-unsaturated/α-hetero) is 1. The Bertz CT molecular complexity index is 961. The summed E-state index contributed by atoms with van der Waals surface area (Å²) < 4.78 is 0. The van der Waals surface area contributed by atoms with Gasteiger partial charge in [-0.1, -0.05) is 72.8 Å². The molecule has 0 aliphatic heterocycles. The van der Waals surface area contributed by atoms with Gasteiger partial charge in [0, 0.05) is 11.3 Å². The fourth-order valence-electron chi connectivity index (χ4n) is 3.08. The van der Waals surface area contributed by atoms with Crippen LogP contribution in [0.25, 0.3) is 0 Å². The van der Waals surface area contributed by atoms with E-state index in [2.05, 4.69) is 10.6 Å². The Hall–Kier alpha value is -3.73. The van der Waals surface area contributed by atoms with Crippen molar-refractivity contribution >= 4 is 23.3 Å². The van der Waals surface area contributed by atoms with Crippen molar-refractivity contribution < 1.29 is 14.4 Å². The lowest BCUT2D eigenvalue weighted by Gasteiger charge is -2.18. The van der Waals surface area contributed by atoms with Crippen LogP contribution < -0.4 is 10.6 Å². The molecule has 2 amide bonds. The van der Waals surface area contributed by atoms with E-state index in [-0.39, 0.29) is 24.1 Å². The van der Waals surface area contributed by atoms with E-state index in [1.807, 2.05) is 60.7 Å². The Morgan fingerprint density at radius 2 is 1.38 bits per heavy atom. The van der Waals surface area contributed by atoms with Crippen LogP contribution in [0.5, 0.6) is 0 Å². The third-order valence-corrected chi connectivity index (χ3v) is 4.50. The largest absolute Gasteiger partial charge is 0.346 e. The molecular formula is C24H22N2O3. The topological polar surface area (TPSA) is 75.3 Å². The predicted molar refractivity (Wildman–Crippen MR) is 113 cm³/mol. The molecule has 0 heterocycles. The number of amides is 2. The van der Waals surface area contributed by atoms with Crippen LogP contribution in [-0.2, 0) is 9.59 Å². The van der Waals surface area contributed by atoms with E-state index in [1.165, 1.54) is 6.92 Å². The highest BCUT2D eigenvalue weighted by Gasteiger charge is 2.22. The zero-order chi connectivity index (χ0) is 20.6. The van der Waals surface area contributed by atoms with Crippen molar-refractivity contribution in [3.8, 4) is 0 Å². The number of carbonyl (C=O) groups is 3. The van der Waals surface area contributed by atoms with Crippen LogP contribution in [-0.4, -0.2) is 24.1 Å². The molecule has 0 spiro atoms. The number of hydrogen-bond acceptors (Lipinski definition) is 3. The van der Waals surface area contributed by atoms with Crippen molar-refractivity contribution in [2.24, 2.45) is 0 Å². The number of hydrogen-bond donors (Lipinski definition) is 2. The lowest BCUT2D eigenvalue weighted by Crippen LogP contribution is -2.36. The molecule has 3 rings (SSSR count). The molecule has 3 aromatic carbocycles. The maximum Gasteiger partial charge on any atom is 0.243 e. The summed E-state index contributed by atoms with van der Waals surface area (Å²) in [4.78, 5) is 36.7. The van der Waals surface area contributed by atoms with Crippen LogP contribution in [0.3, 0.4) is 0 Å². The van der Waals surface area contributed by atoms with E-state index in [1.54, 1.807) is 24.3 Å². The zero-order valence-corrected chi connectivity index (χ0v) is 16.1. The summed E-state index contributed by atoms with van der Waals surface area (Å²) in [5.74, 6) is -1.21. The van der Waals surface area contributed by atoms with E-state index in [0.717, 1.165) is 11.1 Å². The first kappa shape index (κ1) is 20.0. The van der Waals surface area contributed by atoms with E-state index < -0.39 is 5.92 Å². The van der Waals surface area contributed by atoms with Gasteiger partial charge in [-0.05, 0) is 30.2 Å². The van der Waals surface area contributed by atoms with Gasteiger partial charge in [0.25, 0.3) is 0 Å². The number of nitrogens with one attached hydrogen (secondary N) is 2. The van der Waals surface area contributed by atoms with E-state index >= 15 is 0 Å². The molecular weight excluding hydrogens is 364 g/mol. The molecule has 146 valence electrons. The van der Waals surface area contributed by atoms with Crippen LogP contribution >= 0.6 is 0 Å². The molecule has 0 saturated heterocycles. The average molecular weight is 386 g/mol. The molecule has 5 heteroatoms. The molecule has 0 atom stereocenters. The van der Waals surface area contributed by atoms with Gasteiger partial charge >= 0.3 is 0 Å². The monoisotopic (exact) mass is 386 g/mol. The molecule has 0 unspecified atom stereocenters. The smallest absolute Gasteiger partial charge is 0.243 e. The standard InChI is InChI=1S/C24H22N2O3/c1-17(27)20-13-8-14-21(15-20)26-22(28)16-25-24(29)23(18-9-4-2-5-10-18)19-11-6-3-7-12-19/h2-15,23H,16H2,1H3,(H,25,29)(H,26,28). The Balaban J connectivity index is 1.68. The second kappa shape index (κ2) is 9.46. The molecule has 0 aliphatic carbocycles. The van der Waals surface area contributed by atoms with Crippen molar-refractivity contribution in [2.75, 3.05) is 11.9 Å². The lowest BCUT2D eigenvalue weighted by atomic mass is 9.90. The van der Waals surface area contributed by atoms with Crippen LogP contribution in [0.2, 0.25) is 0 Å². The first-order valence-corrected chi connectivity index (χ1v) is 9.33. The van der Waals surface area contributed by atoms with Crippen molar-refractivity contribution in [3.63, 3.8) is 0 Å². The highest BCUT2D eigenvalue weighted by Crippen LogP contribution is 2.24. The van der Waals surface area contributed by atoms with Crippen molar-refractivity contribution in [3.05, 3.63) is 102 Å². The molecule has 0 aliphatic rings. The van der Waals surface area contributed by atoms with Crippen LogP contribution in [0.15, 0.2) is 84.9 Å². The lowest BCUT2D eigenvalue weighted by molar-refractivity contribution is -0.124. The van der Waals surface area contributed by atoms with Crippen LogP contribution in [0.1, 0.15) is 34.3 Å². The molecule has 3 aromatic rings.